The van der Waals surface area contributed by atoms with Crippen LogP contribution >= 0.6 is 0 Å². The van der Waals surface area contributed by atoms with Gasteiger partial charge < -0.3 is 20.3 Å². The zero-order valence-corrected chi connectivity index (χ0v) is 14.3. The molecule has 0 unspecified atom stereocenters. The lowest BCUT2D eigenvalue weighted by Crippen LogP contribution is -2.45. The first-order valence-corrected chi connectivity index (χ1v) is 8.83. The summed E-state index contributed by atoms with van der Waals surface area (Å²) in [7, 11) is 3.91. The highest BCUT2D eigenvalue weighted by atomic mass is 16.5. The molecule has 5 nitrogen and oxygen atoms in total. The van der Waals surface area contributed by atoms with Gasteiger partial charge in [0.25, 0.3) is 0 Å². The third-order valence-electron chi connectivity index (χ3n) is 5.40. The van der Waals surface area contributed by atoms with E-state index in [2.05, 4.69) is 22.6 Å². The van der Waals surface area contributed by atoms with Crippen molar-refractivity contribution in [3.05, 3.63) is 0 Å². The van der Waals surface area contributed by atoms with Crippen molar-refractivity contribution in [2.75, 3.05) is 46.9 Å². The quantitative estimate of drug-likeness (QED) is 0.758. The van der Waals surface area contributed by atoms with Crippen molar-refractivity contribution in [2.24, 2.45) is 11.3 Å². The molecule has 128 valence electrons. The van der Waals surface area contributed by atoms with E-state index in [9.17, 15) is 4.79 Å². The summed E-state index contributed by atoms with van der Waals surface area (Å²) in [6, 6.07) is -0.00285. The molecule has 2 amide bonds. The van der Waals surface area contributed by atoms with Gasteiger partial charge in [0.2, 0.25) is 0 Å². The maximum absolute atomic E-state index is 12.1. The van der Waals surface area contributed by atoms with Crippen molar-refractivity contribution in [1.29, 1.82) is 0 Å². The van der Waals surface area contributed by atoms with E-state index in [0.717, 1.165) is 32.7 Å². The number of carbonyl (C=O) groups is 1. The number of ether oxygens (including phenoxy) is 1. The van der Waals surface area contributed by atoms with Crippen LogP contribution in [0.15, 0.2) is 0 Å². The number of piperidine rings is 1. The highest BCUT2D eigenvalue weighted by molar-refractivity contribution is 5.73. The van der Waals surface area contributed by atoms with Crippen LogP contribution in [0.5, 0.6) is 0 Å². The fraction of sp³-hybridized carbons (Fsp3) is 0.941. The summed E-state index contributed by atoms with van der Waals surface area (Å²) in [4.78, 5) is 14.4. The lowest BCUT2D eigenvalue weighted by molar-refractivity contribution is 0.135. The molecule has 2 rings (SSSR count). The van der Waals surface area contributed by atoms with Crippen molar-refractivity contribution in [3.8, 4) is 0 Å². The zero-order chi connectivity index (χ0) is 15.8. The summed E-state index contributed by atoms with van der Waals surface area (Å²) in [5, 5.41) is 6.17. The molecule has 0 spiro atoms. The van der Waals surface area contributed by atoms with Gasteiger partial charge in [-0.15, -0.1) is 0 Å². The minimum atomic E-state index is -0.00285. The van der Waals surface area contributed by atoms with Gasteiger partial charge in [0.15, 0.2) is 0 Å². The van der Waals surface area contributed by atoms with Crippen LogP contribution in [0.1, 0.15) is 44.9 Å². The fourth-order valence-electron chi connectivity index (χ4n) is 3.97. The topological polar surface area (TPSA) is 53.6 Å². The first-order valence-electron chi connectivity index (χ1n) is 8.83. The standard InChI is InChI=1S/C17H33N3O2/c1-20-10-5-6-15(13-20)12-18-16(21)19-14-17(9-11-22-2)7-3-4-8-17/h15H,3-14H2,1-2H3,(H2,18,19,21)/t15-/m0/s1. The Morgan fingerprint density at radius 1 is 1.27 bits per heavy atom. The summed E-state index contributed by atoms with van der Waals surface area (Å²) in [6.45, 7) is 4.65. The third-order valence-corrected chi connectivity index (χ3v) is 5.40. The highest BCUT2D eigenvalue weighted by Gasteiger charge is 2.33. The summed E-state index contributed by atoms with van der Waals surface area (Å²) in [6.07, 6.45) is 8.50. The van der Waals surface area contributed by atoms with Crippen LogP contribution in [0.3, 0.4) is 0 Å². The SMILES string of the molecule is COCCC1(CNC(=O)NC[C@@H]2CCCN(C)C2)CCCC1. The van der Waals surface area contributed by atoms with E-state index < -0.39 is 0 Å². The van der Waals surface area contributed by atoms with Crippen LogP contribution in [-0.2, 0) is 4.74 Å². The molecule has 2 aliphatic rings. The first-order chi connectivity index (χ1) is 10.6. The van der Waals surface area contributed by atoms with E-state index in [1.165, 1.54) is 45.1 Å². The molecule has 1 heterocycles. The number of likely N-dealkylation sites (tertiary alicyclic amines) is 1. The highest BCUT2D eigenvalue weighted by Crippen LogP contribution is 2.40. The molecular weight excluding hydrogens is 278 g/mol. The molecule has 1 aliphatic heterocycles. The van der Waals surface area contributed by atoms with Gasteiger partial charge in [-0.3, -0.25) is 0 Å². The molecule has 0 radical (unpaired) electrons. The predicted molar refractivity (Wildman–Crippen MR) is 89.0 cm³/mol. The number of carbonyl (C=O) groups excluding carboxylic acids is 1. The lowest BCUT2D eigenvalue weighted by Gasteiger charge is -2.31. The summed E-state index contributed by atoms with van der Waals surface area (Å²) >= 11 is 0. The van der Waals surface area contributed by atoms with Gasteiger partial charge in [0.1, 0.15) is 0 Å². The Balaban J connectivity index is 1.67. The average Bonchev–Trinajstić information content (AvgIpc) is 2.98. The predicted octanol–water partition coefficient (Wildman–Crippen LogP) is 2.22. The van der Waals surface area contributed by atoms with E-state index in [1.807, 2.05) is 0 Å². The number of urea groups is 1. The number of hydrogen-bond acceptors (Lipinski definition) is 3. The molecule has 1 saturated heterocycles. The molecule has 0 aromatic carbocycles. The van der Waals surface area contributed by atoms with E-state index >= 15 is 0 Å². The molecule has 22 heavy (non-hydrogen) atoms. The van der Waals surface area contributed by atoms with Gasteiger partial charge in [-0.2, -0.15) is 0 Å². The van der Waals surface area contributed by atoms with Crippen LogP contribution < -0.4 is 10.6 Å². The summed E-state index contributed by atoms with van der Waals surface area (Å²) in [5.41, 5.74) is 0.262. The zero-order valence-electron chi connectivity index (χ0n) is 14.3. The first kappa shape index (κ1) is 17.5. The van der Waals surface area contributed by atoms with E-state index in [0.29, 0.717) is 5.92 Å². The smallest absolute Gasteiger partial charge is 0.314 e. The molecule has 1 saturated carbocycles. The average molecular weight is 311 g/mol. The van der Waals surface area contributed by atoms with Gasteiger partial charge in [-0.05, 0) is 57.0 Å². The molecule has 2 N–H and O–H groups in total. The van der Waals surface area contributed by atoms with Crippen molar-refractivity contribution < 1.29 is 9.53 Å². The van der Waals surface area contributed by atoms with Crippen LogP contribution in [0.25, 0.3) is 0 Å². The van der Waals surface area contributed by atoms with Crippen LogP contribution in [0.4, 0.5) is 4.79 Å². The Labute approximate surface area is 135 Å². The number of nitrogens with one attached hydrogen (secondary N) is 2. The maximum Gasteiger partial charge on any atom is 0.314 e. The minimum absolute atomic E-state index is 0.00285. The third kappa shape index (κ3) is 5.43. The second-order valence-corrected chi connectivity index (χ2v) is 7.28. The number of amides is 2. The van der Waals surface area contributed by atoms with Crippen molar-refractivity contribution >= 4 is 6.03 Å². The minimum Gasteiger partial charge on any atom is -0.385 e. The van der Waals surface area contributed by atoms with Gasteiger partial charge in [0, 0.05) is 33.4 Å². The number of rotatable bonds is 7. The maximum atomic E-state index is 12.1. The van der Waals surface area contributed by atoms with E-state index in [4.69, 9.17) is 4.74 Å². The molecule has 0 bridgehead atoms. The Morgan fingerprint density at radius 2 is 2.05 bits per heavy atom. The molecule has 2 fully saturated rings. The van der Waals surface area contributed by atoms with Crippen LogP contribution in [-0.4, -0.2) is 57.9 Å². The fourth-order valence-corrected chi connectivity index (χ4v) is 3.97. The second kappa shape index (κ2) is 8.73. The summed E-state index contributed by atoms with van der Waals surface area (Å²) < 4.78 is 5.24. The molecule has 0 aromatic heterocycles. The van der Waals surface area contributed by atoms with Crippen molar-refractivity contribution in [1.82, 2.24) is 15.5 Å². The molecule has 1 atom stereocenters. The van der Waals surface area contributed by atoms with E-state index in [-0.39, 0.29) is 11.4 Å². The molecule has 1 aliphatic carbocycles. The monoisotopic (exact) mass is 311 g/mol. The second-order valence-electron chi connectivity index (χ2n) is 7.28. The Kier molecular flexibility index (Phi) is 6.96. The van der Waals surface area contributed by atoms with Gasteiger partial charge >= 0.3 is 6.03 Å². The molecule has 5 heteroatoms. The van der Waals surface area contributed by atoms with Gasteiger partial charge in [-0.1, -0.05) is 12.8 Å². The molecular formula is C17H33N3O2. The molecule has 0 aromatic rings. The van der Waals surface area contributed by atoms with Crippen molar-refractivity contribution in [3.63, 3.8) is 0 Å². The van der Waals surface area contributed by atoms with Crippen molar-refractivity contribution in [2.45, 2.75) is 44.9 Å². The van der Waals surface area contributed by atoms with E-state index in [1.54, 1.807) is 7.11 Å². The number of nitrogens with zero attached hydrogens (tertiary/aromatic N) is 1. The Morgan fingerprint density at radius 3 is 2.73 bits per heavy atom. The normalized spacial score (nSPS) is 25.1. The van der Waals surface area contributed by atoms with Crippen LogP contribution in [0, 0.1) is 11.3 Å². The van der Waals surface area contributed by atoms with Gasteiger partial charge in [0.05, 0.1) is 0 Å². The van der Waals surface area contributed by atoms with Gasteiger partial charge in [-0.25, -0.2) is 4.79 Å². The Bertz CT molecular complexity index is 343. The number of hydrogen-bond donors (Lipinski definition) is 2. The largest absolute Gasteiger partial charge is 0.385 e. The lowest BCUT2D eigenvalue weighted by atomic mass is 9.83. The summed E-state index contributed by atoms with van der Waals surface area (Å²) in [5.74, 6) is 0.596. The van der Waals surface area contributed by atoms with Crippen LogP contribution in [0.2, 0.25) is 0 Å². The Hall–Kier alpha value is -0.810. The number of methoxy groups -OCH3 is 1.